The first-order chi connectivity index (χ1) is 27.9. The molecule has 49 heavy (non-hydrogen) atoms. The number of rotatable bonds is 3. The van der Waals surface area contributed by atoms with Gasteiger partial charge in [-0.15, -0.1) is 64.9 Å². The van der Waals surface area contributed by atoms with Crippen LogP contribution >= 0.6 is 11.3 Å². The van der Waals surface area contributed by atoms with E-state index in [4.69, 9.17) is 25.9 Å². The summed E-state index contributed by atoms with van der Waals surface area (Å²) in [6.45, 7) is -3.33. The van der Waals surface area contributed by atoms with Crippen molar-refractivity contribution < 1.29 is 41.0 Å². The molecule has 1 radical (unpaired) electrons. The molecule has 0 amide bonds. The largest absolute Gasteiger partial charge is 0.498 e. The van der Waals surface area contributed by atoms with Gasteiger partial charge in [-0.2, -0.15) is 0 Å². The van der Waals surface area contributed by atoms with Crippen molar-refractivity contribution in [3.63, 3.8) is 0 Å². The fourth-order valence-corrected chi connectivity index (χ4v) is 6.36. The van der Waals surface area contributed by atoms with Crippen molar-refractivity contribution in [1.29, 1.82) is 0 Å². The summed E-state index contributed by atoms with van der Waals surface area (Å²) in [6.07, 6.45) is 2.48. The molecule has 0 saturated heterocycles. The fraction of sp³-hybridized carbons (Fsp3) is 0.186. The van der Waals surface area contributed by atoms with Crippen LogP contribution in [0.15, 0.2) is 102 Å². The van der Waals surface area contributed by atoms with E-state index < -0.39 is 27.4 Å². The molecule has 4 heterocycles. The summed E-state index contributed by atoms with van der Waals surface area (Å²) in [7, 11) is 0. The molecule has 0 atom stereocenters. The van der Waals surface area contributed by atoms with Crippen LogP contribution in [0.4, 0.5) is 0 Å². The van der Waals surface area contributed by atoms with E-state index in [-0.39, 0.29) is 53.5 Å². The zero-order valence-electron chi connectivity index (χ0n) is 38.7. The minimum atomic E-state index is -2.61. The number of fused-ring (bicyclic) bond motifs is 5. The molecule has 0 saturated carbocycles. The van der Waals surface area contributed by atoms with Gasteiger partial charge in [0.1, 0.15) is 11.1 Å². The Hall–Kier alpha value is -4.48. The maximum Gasteiger partial charge on any atom is 0.148 e. The van der Waals surface area contributed by atoms with Crippen LogP contribution in [0.2, 0.25) is 0 Å². The van der Waals surface area contributed by atoms with Crippen molar-refractivity contribution in [1.82, 2.24) is 15.0 Å². The summed E-state index contributed by atoms with van der Waals surface area (Å²) in [5, 5.41) is 2.72. The average molecular weight is 848 g/mol. The van der Waals surface area contributed by atoms with Crippen molar-refractivity contribution in [2.45, 2.75) is 53.6 Å². The summed E-state index contributed by atoms with van der Waals surface area (Å²) in [5.41, 5.74) is 4.91. The molecule has 0 aliphatic carbocycles. The zero-order chi connectivity index (χ0) is 43.6. The smallest absolute Gasteiger partial charge is 0.148 e. The third-order valence-electron chi connectivity index (χ3n) is 7.84. The van der Waals surface area contributed by atoms with Crippen LogP contribution in [0, 0.1) is 39.5 Å². The van der Waals surface area contributed by atoms with Gasteiger partial charge in [-0.05, 0) is 60.3 Å². The second-order valence-corrected chi connectivity index (χ2v) is 13.4. The molecule has 0 spiro atoms. The van der Waals surface area contributed by atoms with E-state index in [2.05, 4.69) is 42.9 Å². The van der Waals surface area contributed by atoms with Gasteiger partial charge in [-0.3, -0.25) is 0 Å². The first-order valence-corrected chi connectivity index (χ1v) is 16.0. The van der Waals surface area contributed by atoms with Crippen molar-refractivity contribution >= 4 is 43.5 Å². The van der Waals surface area contributed by atoms with Crippen molar-refractivity contribution in [3.8, 4) is 33.6 Å². The van der Waals surface area contributed by atoms with Crippen molar-refractivity contribution in [3.05, 3.63) is 137 Å². The minimum absolute atomic E-state index is 0. The molecule has 4 aromatic heterocycles. The third-order valence-corrected chi connectivity index (χ3v) is 9.28. The Bertz CT molecular complexity index is 2860. The number of furan rings is 1. The van der Waals surface area contributed by atoms with Gasteiger partial charge in [0, 0.05) is 59.7 Å². The van der Waals surface area contributed by atoms with Crippen molar-refractivity contribution in [2.24, 2.45) is 0 Å². The standard InChI is InChI=1S/C24H21N2OS.C19H16N.Ir/c1-13-11-18(25-12-14(13)2)17-8-6-7-15-16-9-10-19-20(22(16)27-21(15)17)26-23(28-19)24(3,4)5;1-14-8-10-17(11-9-14)19-12-18(15(2)13-20-19)16-6-4-3-5-7-16;/h6-7,9-12H,1-5H3;3-10,12-13H,1-2H3;/q2*-1;/i2*1D3,2D3;. The van der Waals surface area contributed by atoms with Crippen LogP contribution in [0.3, 0.4) is 0 Å². The minimum Gasteiger partial charge on any atom is -0.498 e. The summed E-state index contributed by atoms with van der Waals surface area (Å²) < 4.78 is 99.6. The van der Waals surface area contributed by atoms with E-state index in [9.17, 15) is 0 Å². The Balaban J connectivity index is 0.000000208. The second kappa shape index (κ2) is 13.8. The zero-order valence-corrected chi connectivity index (χ0v) is 29.9. The van der Waals surface area contributed by atoms with Gasteiger partial charge in [-0.1, -0.05) is 92.7 Å². The SMILES string of the molecule is [2H]C([2H])([2H])c1c[c-]c(-c2cc(-c3ccccc3)c(C([2H])([2H])[2H])cn2)cc1.[2H]C([2H])([2H])c1cnc(-c2[c-]ccc3c2oc2c3ccc3sc(C(C)(C)C)nc32)cc1C([2H])([2H])[2H].[Ir]. The van der Waals surface area contributed by atoms with Gasteiger partial charge in [0.05, 0.1) is 15.3 Å². The van der Waals surface area contributed by atoms with Gasteiger partial charge >= 0.3 is 0 Å². The Kier molecular flexibility index (Phi) is 6.27. The number of thiazole rings is 1. The van der Waals surface area contributed by atoms with E-state index in [1.807, 2.05) is 48.5 Å². The molecule has 4 aromatic carbocycles. The molecule has 8 rings (SSSR count). The van der Waals surface area contributed by atoms with E-state index in [0.29, 0.717) is 33.6 Å². The first kappa shape index (κ1) is 22.3. The summed E-state index contributed by atoms with van der Waals surface area (Å²) in [5.74, 6) is 0. The quantitative estimate of drug-likeness (QED) is 0.166. The van der Waals surface area contributed by atoms with Crippen molar-refractivity contribution in [2.75, 3.05) is 0 Å². The number of nitrogens with zero attached hydrogens (tertiary/aromatic N) is 3. The molecule has 0 unspecified atom stereocenters. The number of pyridine rings is 2. The van der Waals surface area contributed by atoms with Gasteiger partial charge in [0.25, 0.3) is 0 Å². The van der Waals surface area contributed by atoms with Crippen LogP contribution in [0.5, 0.6) is 0 Å². The predicted octanol–water partition coefficient (Wildman–Crippen LogP) is 11.8. The van der Waals surface area contributed by atoms with Crippen LogP contribution in [-0.4, -0.2) is 15.0 Å². The van der Waals surface area contributed by atoms with Crippen LogP contribution in [0.25, 0.3) is 65.8 Å². The van der Waals surface area contributed by atoms with Gasteiger partial charge in [0.15, 0.2) is 0 Å². The van der Waals surface area contributed by atoms with E-state index in [1.165, 1.54) is 24.4 Å². The Morgan fingerprint density at radius 1 is 0.755 bits per heavy atom. The molecule has 8 aromatic rings. The van der Waals surface area contributed by atoms with Gasteiger partial charge < -0.3 is 14.4 Å². The Labute approximate surface area is 322 Å². The molecule has 0 fully saturated rings. The van der Waals surface area contributed by atoms with Gasteiger partial charge in [0.2, 0.25) is 0 Å². The van der Waals surface area contributed by atoms with Crippen LogP contribution < -0.4 is 0 Å². The molecule has 0 aliphatic rings. The number of hydrogen-bond donors (Lipinski definition) is 0. The number of aromatic nitrogens is 3. The first-order valence-electron chi connectivity index (χ1n) is 21.2. The summed E-state index contributed by atoms with van der Waals surface area (Å²) in [4.78, 5) is 13.4. The number of benzene rings is 4. The fourth-order valence-electron chi connectivity index (χ4n) is 5.34. The summed E-state index contributed by atoms with van der Waals surface area (Å²) in [6, 6.07) is 30.5. The van der Waals surface area contributed by atoms with Crippen LogP contribution in [0.1, 0.15) is 64.5 Å². The van der Waals surface area contributed by atoms with E-state index >= 15 is 0 Å². The molecular weight excluding hydrogens is 799 g/mol. The molecule has 0 bridgehead atoms. The maximum absolute atomic E-state index is 7.86. The van der Waals surface area contributed by atoms with E-state index in [1.54, 1.807) is 29.5 Å². The van der Waals surface area contributed by atoms with Gasteiger partial charge in [-0.25, -0.2) is 4.98 Å². The Morgan fingerprint density at radius 3 is 2.27 bits per heavy atom. The monoisotopic (exact) mass is 848 g/mol. The number of aryl methyl sites for hydroxylation is 4. The summed E-state index contributed by atoms with van der Waals surface area (Å²) >= 11 is 1.63. The normalized spacial score (nSPS) is 16.1. The maximum atomic E-state index is 7.86. The topological polar surface area (TPSA) is 51.8 Å². The number of hydrogen-bond acceptors (Lipinski definition) is 5. The van der Waals surface area contributed by atoms with Crippen LogP contribution in [-0.2, 0) is 25.5 Å². The molecule has 6 heteroatoms. The predicted molar refractivity (Wildman–Crippen MR) is 201 cm³/mol. The molecule has 247 valence electrons. The Morgan fingerprint density at radius 2 is 1.53 bits per heavy atom. The molecule has 0 aliphatic heterocycles. The molecule has 4 nitrogen and oxygen atoms in total. The van der Waals surface area contributed by atoms with E-state index in [0.717, 1.165) is 37.8 Å². The second-order valence-electron chi connectivity index (χ2n) is 12.3. The molecule has 0 N–H and O–H groups in total. The average Bonchev–Trinajstić information content (AvgIpc) is 3.80. The molecular formula is C43H37IrN3OS-2. The third kappa shape index (κ3) is 6.87.